The maximum absolute atomic E-state index is 10.7. The molecule has 13 atom stereocenters. The van der Waals surface area contributed by atoms with Gasteiger partial charge in [-0.25, -0.2) is 0 Å². The van der Waals surface area contributed by atoms with E-state index in [1.54, 1.807) is 6.92 Å². The molecule has 3 rings (SSSR count). The fourth-order valence-corrected chi connectivity index (χ4v) is 4.33. The van der Waals surface area contributed by atoms with Crippen molar-refractivity contribution in [3.63, 3.8) is 0 Å². The lowest BCUT2D eigenvalue weighted by atomic mass is 9.84. The summed E-state index contributed by atoms with van der Waals surface area (Å²) in [6.45, 7) is 1.53. The normalized spacial score (nSPS) is 52.5. The highest BCUT2D eigenvalue weighted by Gasteiger charge is 2.50. The molecule has 12 N–H and O–H groups in total. The summed E-state index contributed by atoms with van der Waals surface area (Å²) in [6.07, 6.45) is -7.67. The van der Waals surface area contributed by atoms with Crippen LogP contribution in [-0.2, 0) is 18.9 Å². The summed E-state index contributed by atoms with van der Waals surface area (Å²) in [4.78, 5) is 0. The summed E-state index contributed by atoms with van der Waals surface area (Å²) in [5, 5.41) is 40.6. The van der Waals surface area contributed by atoms with Gasteiger partial charge in [0.2, 0.25) is 0 Å². The number of aliphatic hydroxyl groups excluding tert-OH is 4. The molecule has 30 heavy (non-hydrogen) atoms. The number of ether oxygens (including phenoxy) is 4. The van der Waals surface area contributed by atoms with E-state index < -0.39 is 73.4 Å². The van der Waals surface area contributed by atoms with Crippen molar-refractivity contribution in [1.82, 2.24) is 0 Å². The summed E-state index contributed by atoms with van der Waals surface area (Å²) in [6, 6.07) is -1.93. The van der Waals surface area contributed by atoms with Crippen molar-refractivity contribution in [2.24, 2.45) is 28.9 Å². The first kappa shape index (κ1) is 24.2. The zero-order chi connectivity index (χ0) is 22.2. The van der Waals surface area contributed by atoms with E-state index in [2.05, 4.69) is 0 Å². The van der Waals surface area contributed by atoms with Crippen molar-refractivity contribution in [3.8, 4) is 0 Å². The summed E-state index contributed by atoms with van der Waals surface area (Å²) >= 11 is 0. The van der Waals surface area contributed by atoms with Gasteiger partial charge < -0.3 is 62.3 Å². The minimum atomic E-state index is -1.15. The molecule has 13 unspecified atom stereocenters. The summed E-state index contributed by atoms with van der Waals surface area (Å²) in [7, 11) is 0. The Balaban J connectivity index is 1.75. The molecule has 12 heteroatoms. The van der Waals surface area contributed by atoms with Crippen LogP contribution in [0.1, 0.15) is 19.8 Å². The fraction of sp³-hybridized carbons (Fsp3) is 1.00. The van der Waals surface area contributed by atoms with Gasteiger partial charge in [-0.2, -0.15) is 0 Å². The lowest BCUT2D eigenvalue weighted by Crippen LogP contribution is -2.66. The molecule has 2 heterocycles. The van der Waals surface area contributed by atoms with Crippen molar-refractivity contribution in [2.45, 2.75) is 93.2 Å². The topological polar surface area (TPSA) is 222 Å². The minimum Gasteiger partial charge on any atom is -0.394 e. The second kappa shape index (κ2) is 9.98. The maximum Gasteiger partial charge on any atom is 0.184 e. The standard InChI is InChI=1S/C18H36N4O8/c1-6-12(5-23)28-18(13(6)25)30-16-14(26)7(20)2-8(21)15(16)29-17-9(22)3-10(24)11(4-19)27-17/h6-18,23-26H,2-5,19-22H2,1H3. The van der Waals surface area contributed by atoms with Crippen LogP contribution < -0.4 is 22.9 Å². The van der Waals surface area contributed by atoms with Crippen molar-refractivity contribution in [3.05, 3.63) is 0 Å². The van der Waals surface area contributed by atoms with Crippen molar-refractivity contribution in [2.75, 3.05) is 13.2 Å². The van der Waals surface area contributed by atoms with Crippen LogP contribution in [-0.4, -0.2) is 107 Å². The molecule has 0 aromatic heterocycles. The predicted octanol–water partition coefficient (Wildman–Crippen LogP) is -4.35. The van der Waals surface area contributed by atoms with E-state index in [0.29, 0.717) is 0 Å². The molecule has 3 fully saturated rings. The van der Waals surface area contributed by atoms with Crippen molar-refractivity contribution < 1.29 is 39.4 Å². The Hall–Kier alpha value is -0.480. The molecule has 12 nitrogen and oxygen atoms in total. The van der Waals surface area contributed by atoms with Gasteiger partial charge in [-0.15, -0.1) is 0 Å². The molecular weight excluding hydrogens is 400 g/mol. The number of hydrogen-bond donors (Lipinski definition) is 8. The zero-order valence-electron chi connectivity index (χ0n) is 17.1. The van der Waals surface area contributed by atoms with Crippen LogP contribution in [0.4, 0.5) is 0 Å². The third-order valence-electron chi connectivity index (χ3n) is 6.37. The van der Waals surface area contributed by atoms with Gasteiger partial charge in [0, 0.05) is 24.5 Å². The van der Waals surface area contributed by atoms with Crippen LogP contribution in [0.2, 0.25) is 0 Å². The lowest BCUT2D eigenvalue weighted by molar-refractivity contribution is -0.294. The van der Waals surface area contributed by atoms with Gasteiger partial charge >= 0.3 is 0 Å². The SMILES string of the molecule is CC1C(CO)OC(OC2C(O)C(N)CC(N)C2OC2OC(CN)C(O)CC2N)C1O. The van der Waals surface area contributed by atoms with E-state index in [0.717, 1.165) is 0 Å². The molecule has 176 valence electrons. The average Bonchev–Trinajstić information content (AvgIpc) is 2.98. The van der Waals surface area contributed by atoms with Crippen LogP contribution in [0, 0.1) is 5.92 Å². The van der Waals surface area contributed by atoms with Crippen molar-refractivity contribution in [1.29, 1.82) is 0 Å². The Morgan fingerprint density at radius 3 is 2.07 bits per heavy atom. The fourth-order valence-electron chi connectivity index (χ4n) is 4.33. The molecule has 0 radical (unpaired) electrons. The molecule has 1 aliphatic carbocycles. The first-order chi connectivity index (χ1) is 14.2. The van der Waals surface area contributed by atoms with E-state index in [4.69, 9.17) is 41.9 Å². The van der Waals surface area contributed by atoms with Gasteiger partial charge in [-0.1, -0.05) is 6.92 Å². The van der Waals surface area contributed by atoms with E-state index in [9.17, 15) is 20.4 Å². The Bertz CT molecular complexity index is 562. The van der Waals surface area contributed by atoms with E-state index in [1.165, 1.54) is 0 Å². The van der Waals surface area contributed by atoms with Gasteiger partial charge in [0.05, 0.1) is 37.1 Å². The van der Waals surface area contributed by atoms with Crippen LogP contribution in [0.5, 0.6) is 0 Å². The molecule has 0 aromatic carbocycles. The van der Waals surface area contributed by atoms with Gasteiger partial charge in [-0.3, -0.25) is 0 Å². The molecule has 0 bridgehead atoms. The van der Waals surface area contributed by atoms with Gasteiger partial charge in [-0.05, 0) is 12.8 Å². The van der Waals surface area contributed by atoms with Crippen LogP contribution in [0.15, 0.2) is 0 Å². The number of rotatable bonds is 6. The summed E-state index contributed by atoms with van der Waals surface area (Å²) in [5.74, 6) is -0.371. The highest BCUT2D eigenvalue weighted by molar-refractivity contribution is 5.00. The van der Waals surface area contributed by atoms with E-state index in [1.807, 2.05) is 0 Å². The third kappa shape index (κ3) is 4.80. The first-order valence-electron chi connectivity index (χ1n) is 10.4. The maximum atomic E-state index is 10.7. The van der Waals surface area contributed by atoms with E-state index >= 15 is 0 Å². The third-order valence-corrected chi connectivity index (χ3v) is 6.37. The Morgan fingerprint density at radius 2 is 1.47 bits per heavy atom. The molecular formula is C18H36N4O8. The molecule has 2 aliphatic heterocycles. The van der Waals surface area contributed by atoms with Crippen LogP contribution in [0.3, 0.4) is 0 Å². The quantitative estimate of drug-likeness (QED) is 0.198. The smallest absolute Gasteiger partial charge is 0.184 e. The highest BCUT2D eigenvalue weighted by Crippen LogP contribution is 2.33. The highest BCUT2D eigenvalue weighted by atomic mass is 16.7. The van der Waals surface area contributed by atoms with Gasteiger partial charge in [0.1, 0.15) is 18.3 Å². The molecule has 0 aromatic rings. The Kier molecular flexibility index (Phi) is 8.04. The molecule has 1 saturated carbocycles. The Morgan fingerprint density at radius 1 is 0.833 bits per heavy atom. The molecule has 0 amide bonds. The first-order valence-corrected chi connectivity index (χ1v) is 10.4. The van der Waals surface area contributed by atoms with Crippen LogP contribution >= 0.6 is 0 Å². The summed E-state index contributed by atoms with van der Waals surface area (Å²) < 4.78 is 23.2. The number of aliphatic hydroxyl groups is 4. The lowest BCUT2D eigenvalue weighted by Gasteiger charge is -2.46. The monoisotopic (exact) mass is 436 g/mol. The van der Waals surface area contributed by atoms with Crippen LogP contribution in [0.25, 0.3) is 0 Å². The Labute approximate surface area is 175 Å². The zero-order valence-corrected chi connectivity index (χ0v) is 17.1. The van der Waals surface area contributed by atoms with Gasteiger partial charge in [0.25, 0.3) is 0 Å². The van der Waals surface area contributed by atoms with Crippen molar-refractivity contribution >= 4 is 0 Å². The molecule has 0 spiro atoms. The predicted molar refractivity (Wildman–Crippen MR) is 104 cm³/mol. The van der Waals surface area contributed by atoms with Gasteiger partial charge in [0.15, 0.2) is 12.6 Å². The second-order valence-electron chi connectivity index (χ2n) is 8.58. The largest absolute Gasteiger partial charge is 0.394 e. The molecule has 2 saturated heterocycles. The number of nitrogens with two attached hydrogens (primary N) is 4. The second-order valence-corrected chi connectivity index (χ2v) is 8.58. The minimum absolute atomic E-state index is 0.0838. The van der Waals surface area contributed by atoms with E-state index in [-0.39, 0.29) is 31.9 Å². The summed E-state index contributed by atoms with van der Waals surface area (Å²) in [5.41, 5.74) is 24.0. The number of hydrogen-bond acceptors (Lipinski definition) is 12. The average molecular weight is 437 g/mol. The molecule has 3 aliphatic rings.